The fraction of sp³-hybridized carbons (Fsp3) is 0.476. The van der Waals surface area contributed by atoms with E-state index in [0.717, 1.165) is 18.6 Å². The number of hydrazone groups is 1. The van der Waals surface area contributed by atoms with E-state index in [-0.39, 0.29) is 30.2 Å². The second-order valence-corrected chi connectivity index (χ2v) is 8.32. The molecule has 8 nitrogen and oxygen atoms in total. The van der Waals surface area contributed by atoms with Crippen molar-refractivity contribution in [1.82, 2.24) is 20.1 Å². The van der Waals surface area contributed by atoms with Crippen LogP contribution in [0, 0.1) is 5.82 Å². The van der Waals surface area contributed by atoms with Gasteiger partial charge in [0.2, 0.25) is 0 Å². The molecular formula is C21H23F3N6O2. The summed E-state index contributed by atoms with van der Waals surface area (Å²) in [4.78, 5) is 20.5. The van der Waals surface area contributed by atoms with Crippen molar-refractivity contribution in [3.8, 4) is 0 Å². The largest absolute Gasteiger partial charge is 0.389 e. The number of halogens is 3. The Morgan fingerprint density at radius 1 is 1.28 bits per heavy atom. The Balaban J connectivity index is 1.36. The van der Waals surface area contributed by atoms with Gasteiger partial charge in [-0.15, -0.1) is 0 Å². The monoisotopic (exact) mass is 448 g/mol. The van der Waals surface area contributed by atoms with Gasteiger partial charge < -0.3 is 20.2 Å². The first kappa shape index (κ1) is 20.8. The molecular weight excluding hydrogens is 425 g/mol. The zero-order chi connectivity index (χ0) is 22.4. The summed E-state index contributed by atoms with van der Waals surface area (Å²) in [6.45, 7) is 1.17. The predicted octanol–water partition coefficient (Wildman–Crippen LogP) is 2.21. The molecule has 3 atom stereocenters. The molecule has 4 aliphatic rings. The van der Waals surface area contributed by atoms with Crippen molar-refractivity contribution in [1.29, 1.82) is 0 Å². The van der Waals surface area contributed by atoms with Crippen LogP contribution in [0.1, 0.15) is 36.4 Å². The molecule has 2 amide bonds. The van der Waals surface area contributed by atoms with E-state index < -0.39 is 36.6 Å². The third-order valence-electron chi connectivity index (χ3n) is 6.22. The van der Waals surface area contributed by atoms with Crippen LogP contribution in [0.3, 0.4) is 0 Å². The molecule has 0 spiro atoms. The molecule has 5 rings (SSSR count). The quantitative estimate of drug-likeness (QED) is 0.743. The molecule has 0 radical (unpaired) electrons. The van der Waals surface area contributed by atoms with Crippen molar-refractivity contribution in [3.63, 3.8) is 0 Å². The number of aliphatic imine (C=N–C) groups is 1. The Bertz CT molecular complexity index is 994. The molecule has 4 heterocycles. The van der Waals surface area contributed by atoms with E-state index >= 15 is 0 Å². The molecule has 2 unspecified atom stereocenters. The number of nitrogens with one attached hydrogen (secondary N) is 1. The Morgan fingerprint density at radius 2 is 2.09 bits per heavy atom. The maximum Gasteiger partial charge on any atom is 0.318 e. The number of carbonyl (C=O) groups excluding carboxylic acids is 1. The zero-order valence-electron chi connectivity index (χ0n) is 17.1. The molecule has 0 bridgehead atoms. The van der Waals surface area contributed by atoms with Gasteiger partial charge in [-0.05, 0) is 36.6 Å². The molecule has 2 saturated heterocycles. The van der Waals surface area contributed by atoms with Gasteiger partial charge in [0.15, 0.2) is 6.17 Å². The summed E-state index contributed by atoms with van der Waals surface area (Å²) in [7, 11) is 0. The average molecular weight is 448 g/mol. The maximum absolute atomic E-state index is 13.9. The van der Waals surface area contributed by atoms with Gasteiger partial charge in [0.1, 0.15) is 17.7 Å². The standard InChI is InChI=1S/C21H23F3N6O2/c22-12-3-4-14(19(23)24)15(8-12)17-2-1-6-29(17)18-5-7-30-20(27-18)16(9-25-30)26-21(32)28-10-13(31)11-28/h3-5,7-9,13,16-17,19-20,31H,1-2,6,10-11H2,(H,26,32)/t16?,17-,20?/m1/s1. The number of amidine groups is 1. The van der Waals surface area contributed by atoms with E-state index in [0.29, 0.717) is 18.8 Å². The number of aliphatic hydroxyl groups is 1. The maximum atomic E-state index is 13.9. The van der Waals surface area contributed by atoms with Gasteiger partial charge in [0, 0.05) is 18.3 Å². The summed E-state index contributed by atoms with van der Waals surface area (Å²) in [5, 5.41) is 18.1. The lowest BCUT2D eigenvalue weighted by atomic mass is 9.98. The van der Waals surface area contributed by atoms with E-state index in [9.17, 15) is 23.1 Å². The lowest BCUT2D eigenvalue weighted by Gasteiger charge is -2.37. The SMILES string of the molecule is O=C(NC1C=NN2C=CC(N3CCC[C@@H]3c3cc(F)ccc3C(F)F)=NC12)N1CC(O)C1. The second kappa shape index (κ2) is 8.12. The van der Waals surface area contributed by atoms with E-state index in [4.69, 9.17) is 4.99 Å². The average Bonchev–Trinajstić information content (AvgIpc) is 3.38. The number of alkyl halides is 2. The lowest BCUT2D eigenvalue weighted by Crippen LogP contribution is -2.59. The number of hydrogen-bond acceptors (Lipinski definition) is 6. The Hall–Kier alpha value is -3.08. The fourth-order valence-electron chi connectivity index (χ4n) is 4.58. The van der Waals surface area contributed by atoms with Crippen molar-refractivity contribution in [2.75, 3.05) is 19.6 Å². The number of β-amino-alcohol motifs (C(OH)–C–C–N with tert-alkyl or cyclic N) is 1. The molecule has 2 N–H and O–H groups in total. The molecule has 170 valence electrons. The minimum atomic E-state index is -2.70. The van der Waals surface area contributed by atoms with E-state index in [1.165, 1.54) is 11.0 Å². The summed E-state index contributed by atoms with van der Waals surface area (Å²) in [5.41, 5.74) is 0.108. The first-order valence-corrected chi connectivity index (χ1v) is 10.6. The minimum Gasteiger partial charge on any atom is -0.389 e. The molecule has 1 aromatic rings. The van der Waals surface area contributed by atoms with Crippen LogP contribution in [0.5, 0.6) is 0 Å². The van der Waals surface area contributed by atoms with Crippen molar-refractivity contribution >= 4 is 18.1 Å². The van der Waals surface area contributed by atoms with Gasteiger partial charge in [-0.2, -0.15) is 5.10 Å². The first-order chi connectivity index (χ1) is 15.4. The number of fused-ring (bicyclic) bond motifs is 1. The van der Waals surface area contributed by atoms with E-state index in [1.54, 1.807) is 23.5 Å². The highest BCUT2D eigenvalue weighted by Gasteiger charge is 2.38. The third kappa shape index (κ3) is 3.70. The van der Waals surface area contributed by atoms with Gasteiger partial charge in [-0.1, -0.05) is 6.07 Å². The zero-order valence-corrected chi connectivity index (χ0v) is 17.1. The van der Waals surface area contributed by atoms with Crippen LogP contribution in [0.4, 0.5) is 18.0 Å². The van der Waals surface area contributed by atoms with Crippen molar-refractivity contribution in [2.45, 2.75) is 43.6 Å². The number of urea groups is 1. The van der Waals surface area contributed by atoms with Gasteiger partial charge in [0.25, 0.3) is 6.43 Å². The molecule has 0 aliphatic carbocycles. The highest BCUT2D eigenvalue weighted by atomic mass is 19.3. The Labute approximate surface area is 182 Å². The van der Waals surface area contributed by atoms with Crippen LogP contribution < -0.4 is 5.32 Å². The van der Waals surface area contributed by atoms with Crippen LogP contribution in [0.2, 0.25) is 0 Å². The van der Waals surface area contributed by atoms with Crippen molar-refractivity contribution < 1.29 is 23.1 Å². The Morgan fingerprint density at radius 3 is 2.84 bits per heavy atom. The van der Waals surface area contributed by atoms with Gasteiger partial charge in [-0.3, -0.25) is 0 Å². The number of aliphatic hydroxyl groups excluding tert-OH is 1. The van der Waals surface area contributed by atoms with Gasteiger partial charge >= 0.3 is 6.03 Å². The highest BCUT2D eigenvalue weighted by Crippen LogP contribution is 2.38. The van der Waals surface area contributed by atoms with Gasteiger partial charge in [0.05, 0.1) is 31.4 Å². The summed E-state index contributed by atoms with van der Waals surface area (Å²) in [5.74, 6) is 0.0361. The van der Waals surface area contributed by atoms with Crippen LogP contribution >= 0.6 is 0 Å². The Kier molecular flexibility index (Phi) is 5.28. The number of nitrogens with zero attached hydrogens (tertiary/aromatic N) is 5. The number of hydrogen-bond donors (Lipinski definition) is 2. The number of rotatable bonds is 3. The smallest absolute Gasteiger partial charge is 0.318 e. The van der Waals surface area contributed by atoms with Crippen LogP contribution in [0.15, 0.2) is 40.6 Å². The number of likely N-dealkylation sites (tertiary alicyclic amines) is 2. The molecule has 11 heteroatoms. The second-order valence-electron chi connectivity index (χ2n) is 8.32. The number of amides is 2. The van der Waals surface area contributed by atoms with E-state index in [2.05, 4.69) is 10.4 Å². The third-order valence-corrected chi connectivity index (χ3v) is 6.22. The van der Waals surface area contributed by atoms with Crippen molar-refractivity contribution in [3.05, 3.63) is 47.4 Å². The molecule has 2 fully saturated rings. The first-order valence-electron chi connectivity index (χ1n) is 10.6. The minimum absolute atomic E-state index is 0.170. The topological polar surface area (TPSA) is 83.8 Å². The molecule has 4 aliphatic heterocycles. The van der Waals surface area contributed by atoms with Crippen LogP contribution in [-0.2, 0) is 0 Å². The number of benzene rings is 1. The molecule has 1 aromatic carbocycles. The summed E-state index contributed by atoms with van der Waals surface area (Å²) >= 11 is 0. The summed E-state index contributed by atoms with van der Waals surface area (Å²) < 4.78 is 41.1. The van der Waals surface area contributed by atoms with Gasteiger partial charge in [-0.25, -0.2) is 28.0 Å². The molecule has 0 aromatic heterocycles. The van der Waals surface area contributed by atoms with Crippen LogP contribution in [-0.4, -0.2) is 75.9 Å². The fourth-order valence-corrected chi connectivity index (χ4v) is 4.58. The lowest BCUT2D eigenvalue weighted by molar-refractivity contribution is 0.0259. The summed E-state index contributed by atoms with van der Waals surface area (Å²) in [6.07, 6.45) is 2.76. The van der Waals surface area contributed by atoms with Crippen molar-refractivity contribution in [2.24, 2.45) is 10.1 Å². The number of carbonyl (C=O) groups is 1. The normalized spacial score (nSPS) is 27.1. The molecule has 0 saturated carbocycles. The van der Waals surface area contributed by atoms with E-state index in [1.807, 2.05) is 4.90 Å². The molecule has 32 heavy (non-hydrogen) atoms. The predicted molar refractivity (Wildman–Crippen MR) is 111 cm³/mol. The van der Waals surface area contributed by atoms with Crippen LogP contribution in [0.25, 0.3) is 0 Å². The summed E-state index contributed by atoms with van der Waals surface area (Å²) in [6, 6.07) is 2.19. The highest BCUT2D eigenvalue weighted by molar-refractivity contribution is 5.95.